The van der Waals surface area contributed by atoms with Crippen molar-refractivity contribution in [2.75, 3.05) is 26.2 Å². The molecule has 0 aromatic heterocycles. The maximum absolute atomic E-state index is 12.3. The molecule has 3 amide bonds. The van der Waals surface area contributed by atoms with Gasteiger partial charge in [0.1, 0.15) is 0 Å². The lowest BCUT2D eigenvalue weighted by Crippen LogP contribution is -2.50. The van der Waals surface area contributed by atoms with Crippen LogP contribution in [0.1, 0.15) is 46.5 Å². The van der Waals surface area contributed by atoms with Crippen LogP contribution >= 0.6 is 0 Å². The van der Waals surface area contributed by atoms with Crippen molar-refractivity contribution in [3.63, 3.8) is 0 Å². The summed E-state index contributed by atoms with van der Waals surface area (Å²) in [4.78, 5) is 37.4. The largest absolute Gasteiger partial charge is 0.356 e. The lowest BCUT2D eigenvalue weighted by molar-refractivity contribution is -0.134. The Labute approximate surface area is 144 Å². The van der Waals surface area contributed by atoms with Gasteiger partial charge in [-0.25, -0.2) is 0 Å². The Hall–Kier alpha value is -1.63. The fourth-order valence-electron chi connectivity index (χ4n) is 2.73. The molecule has 1 saturated heterocycles. The molecule has 2 atom stereocenters. The standard InChI is InChI=1S/C17H32N4O3/c1-4-6-14(22)19-9-13-7-5-8-21(11-13)15(23)10-20-17(24)16(18)12(2)3/h12-13,16H,4-11,18H2,1-3H3,(H,19,22)(H,20,24)/t13?,16-/m0/s1. The number of nitrogens with zero attached hydrogens (tertiary/aromatic N) is 1. The van der Waals surface area contributed by atoms with Crippen LogP contribution in [0.4, 0.5) is 0 Å². The normalized spacial score (nSPS) is 19.0. The minimum absolute atomic E-state index is 0.0197. The van der Waals surface area contributed by atoms with Crippen molar-refractivity contribution < 1.29 is 14.4 Å². The van der Waals surface area contributed by atoms with Gasteiger partial charge in [0.15, 0.2) is 0 Å². The fourth-order valence-corrected chi connectivity index (χ4v) is 2.73. The number of hydrogen-bond donors (Lipinski definition) is 3. The maximum atomic E-state index is 12.3. The maximum Gasteiger partial charge on any atom is 0.241 e. The molecule has 7 nitrogen and oxygen atoms in total. The van der Waals surface area contributed by atoms with Crippen LogP contribution in [0.3, 0.4) is 0 Å². The predicted octanol–water partition coefficient (Wildman–Crippen LogP) is 0.241. The fraction of sp³-hybridized carbons (Fsp3) is 0.824. The summed E-state index contributed by atoms with van der Waals surface area (Å²) in [7, 11) is 0. The summed E-state index contributed by atoms with van der Waals surface area (Å²) in [6.45, 7) is 7.62. The smallest absolute Gasteiger partial charge is 0.241 e. The zero-order valence-corrected chi connectivity index (χ0v) is 15.1. The highest BCUT2D eigenvalue weighted by Gasteiger charge is 2.25. The van der Waals surface area contributed by atoms with Gasteiger partial charge in [-0.15, -0.1) is 0 Å². The van der Waals surface area contributed by atoms with E-state index >= 15 is 0 Å². The Bertz CT molecular complexity index is 440. The van der Waals surface area contributed by atoms with Crippen molar-refractivity contribution >= 4 is 17.7 Å². The average molecular weight is 340 g/mol. The molecular formula is C17H32N4O3. The Morgan fingerprint density at radius 2 is 1.96 bits per heavy atom. The van der Waals surface area contributed by atoms with Crippen molar-refractivity contribution in [1.82, 2.24) is 15.5 Å². The molecule has 138 valence electrons. The molecule has 0 bridgehead atoms. The first-order valence-corrected chi connectivity index (χ1v) is 8.92. The molecule has 0 aliphatic carbocycles. The van der Waals surface area contributed by atoms with E-state index in [9.17, 15) is 14.4 Å². The van der Waals surface area contributed by atoms with E-state index in [-0.39, 0.29) is 36.1 Å². The van der Waals surface area contributed by atoms with E-state index in [1.165, 1.54) is 0 Å². The Morgan fingerprint density at radius 1 is 1.25 bits per heavy atom. The summed E-state index contributed by atoms with van der Waals surface area (Å²) < 4.78 is 0. The third-order valence-corrected chi connectivity index (χ3v) is 4.37. The number of rotatable bonds is 8. The molecule has 4 N–H and O–H groups in total. The summed E-state index contributed by atoms with van der Waals surface area (Å²) in [5, 5.41) is 5.54. The average Bonchev–Trinajstić information content (AvgIpc) is 2.57. The van der Waals surface area contributed by atoms with Gasteiger partial charge in [0.05, 0.1) is 12.6 Å². The monoisotopic (exact) mass is 340 g/mol. The van der Waals surface area contributed by atoms with Crippen molar-refractivity contribution in [3.8, 4) is 0 Å². The molecule has 1 rings (SSSR count). The third-order valence-electron chi connectivity index (χ3n) is 4.37. The van der Waals surface area contributed by atoms with Crippen LogP contribution in [0.2, 0.25) is 0 Å². The van der Waals surface area contributed by atoms with Gasteiger partial charge in [-0.3, -0.25) is 14.4 Å². The van der Waals surface area contributed by atoms with E-state index in [2.05, 4.69) is 10.6 Å². The lowest BCUT2D eigenvalue weighted by Gasteiger charge is -2.33. The Morgan fingerprint density at radius 3 is 2.58 bits per heavy atom. The van der Waals surface area contributed by atoms with Crippen LogP contribution < -0.4 is 16.4 Å². The molecule has 7 heteroatoms. The van der Waals surface area contributed by atoms with Crippen LogP contribution in [0.5, 0.6) is 0 Å². The number of carbonyl (C=O) groups is 3. The minimum Gasteiger partial charge on any atom is -0.356 e. The van der Waals surface area contributed by atoms with Crippen molar-refractivity contribution in [1.29, 1.82) is 0 Å². The first-order chi connectivity index (χ1) is 11.3. The molecule has 1 fully saturated rings. The number of nitrogens with two attached hydrogens (primary N) is 1. The molecule has 0 aromatic rings. The number of nitrogens with one attached hydrogen (secondary N) is 2. The van der Waals surface area contributed by atoms with Crippen LogP contribution in [0.25, 0.3) is 0 Å². The summed E-state index contributed by atoms with van der Waals surface area (Å²) in [5.41, 5.74) is 5.76. The molecule has 0 saturated carbocycles. The van der Waals surface area contributed by atoms with E-state index in [4.69, 9.17) is 5.73 Å². The number of amides is 3. The SMILES string of the molecule is CCCC(=O)NCC1CCCN(C(=O)CNC(=O)[C@@H](N)C(C)C)C1. The lowest BCUT2D eigenvalue weighted by atomic mass is 9.98. The quantitative estimate of drug-likeness (QED) is 0.589. The van der Waals surface area contributed by atoms with Gasteiger partial charge in [-0.2, -0.15) is 0 Å². The van der Waals surface area contributed by atoms with Gasteiger partial charge >= 0.3 is 0 Å². The van der Waals surface area contributed by atoms with E-state index in [0.29, 0.717) is 26.1 Å². The van der Waals surface area contributed by atoms with Crippen LogP contribution in [0, 0.1) is 11.8 Å². The van der Waals surface area contributed by atoms with Crippen molar-refractivity contribution in [3.05, 3.63) is 0 Å². The molecule has 1 heterocycles. The second-order valence-electron chi connectivity index (χ2n) is 6.89. The second kappa shape index (κ2) is 10.3. The van der Waals surface area contributed by atoms with Crippen molar-refractivity contribution in [2.24, 2.45) is 17.6 Å². The summed E-state index contributed by atoms with van der Waals surface area (Å²) in [5.74, 6) is -0.0122. The molecule has 0 aromatic carbocycles. The highest BCUT2D eigenvalue weighted by atomic mass is 16.2. The van der Waals surface area contributed by atoms with Gasteiger partial charge in [0.2, 0.25) is 17.7 Å². The first kappa shape index (κ1) is 20.4. The van der Waals surface area contributed by atoms with Gasteiger partial charge in [0.25, 0.3) is 0 Å². The second-order valence-corrected chi connectivity index (χ2v) is 6.89. The molecule has 1 unspecified atom stereocenters. The first-order valence-electron chi connectivity index (χ1n) is 8.92. The van der Waals surface area contributed by atoms with Gasteiger partial charge in [0, 0.05) is 26.1 Å². The molecule has 0 spiro atoms. The molecule has 1 aliphatic rings. The van der Waals surface area contributed by atoms with E-state index in [0.717, 1.165) is 19.3 Å². The van der Waals surface area contributed by atoms with Gasteiger partial charge in [-0.1, -0.05) is 20.8 Å². The number of piperidine rings is 1. The predicted molar refractivity (Wildman–Crippen MR) is 93.0 cm³/mol. The number of likely N-dealkylation sites (tertiary alicyclic amines) is 1. The zero-order chi connectivity index (χ0) is 18.1. The number of carbonyl (C=O) groups excluding carboxylic acids is 3. The van der Waals surface area contributed by atoms with Gasteiger partial charge < -0.3 is 21.3 Å². The number of hydrogen-bond acceptors (Lipinski definition) is 4. The Balaban J connectivity index is 2.36. The van der Waals surface area contributed by atoms with Crippen LogP contribution in [0.15, 0.2) is 0 Å². The molecular weight excluding hydrogens is 308 g/mol. The zero-order valence-electron chi connectivity index (χ0n) is 15.1. The summed E-state index contributed by atoms with van der Waals surface area (Å²) in [6.07, 6.45) is 3.29. The third kappa shape index (κ3) is 6.86. The van der Waals surface area contributed by atoms with E-state index in [1.54, 1.807) is 4.90 Å². The molecule has 0 radical (unpaired) electrons. The minimum atomic E-state index is -0.597. The van der Waals surface area contributed by atoms with E-state index in [1.807, 2.05) is 20.8 Å². The molecule has 1 aliphatic heterocycles. The van der Waals surface area contributed by atoms with Crippen molar-refractivity contribution in [2.45, 2.75) is 52.5 Å². The van der Waals surface area contributed by atoms with E-state index < -0.39 is 6.04 Å². The Kier molecular flexibility index (Phi) is 8.74. The summed E-state index contributed by atoms with van der Waals surface area (Å²) >= 11 is 0. The van der Waals surface area contributed by atoms with Crippen LogP contribution in [-0.4, -0.2) is 54.8 Å². The van der Waals surface area contributed by atoms with Crippen LogP contribution in [-0.2, 0) is 14.4 Å². The molecule has 24 heavy (non-hydrogen) atoms. The highest BCUT2D eigenvalue weighted by molar-refractivity contribution is 5.87. The van der Waals surface area contributed by atoms with Gasteiger partial charge in [-0.05, 0) is 31.1 Å². The summed E-state index contributed by atoms with van der Waals surface area (Å²) in [6, 6.07) is -0.597. The topological polar surface area (TPSA) is 105 Å². The highest BCUT2D eigenvalue weighted by Crippen LogP contribution is 2.15.